The van der Waals surface area contributed by atoms with Crippen LogP contribution < -0.4 is 5.43 Å². The van der Waals surface area contributed by atoms with Gasteiger partial charge in [-0.2, -0.15) is 131 Å². The number of carbonyl (C=O) groups is 1. The Balaban J connectivity index is 0.000000499. The molecule has 0 aliphatic carbocycles. The Morgan fingerprint density at radius 3 is 1.22 bits per heavy atom. The molecule has 6 rings (SSSR count). The molecule has 0 radical (unpaired) electrons. The first kappa shape index (κ1) is 83.0. The number of carbonyl (C=O) groups excluding carboxylic acids is 1. The molecule has 6 atom stereocenters. The number of hydrazone groups is 1. The van der Waals surface area contributed by atoms with Crippen molar-refractivity contribution in [2.24, 2.45) is 5.10 Å². The van der Waals surface area contributed by atoms with Crippen molar-refractivity contribution < 1.29 is 9.90 Å². The second-order valence-electron chi connectivity index (χ2n) is 16.7. The first-order chi connectivity index (χ1) is 38.1. The van der Waals surface area contributed by atoms with Crippen LogP contribution in [0.2, 0.25) is 0 Å². The molecule has 0 aromatic carbocycles. The molecule has 2 N–H and O–H groups in total. The van der Waals surface area contributed by atoms with Crippen LogP contribution in [-0.2, 0) is 4.79 Å². The van der Waals surface area contributed by atoms with Gasteiger partial charge >= 0.3 is 0 Å². The van der Waals surface area contributed by atoms with Crippen molar-refractivity contribution in [2.75, 3.05) is 80.7 Å². The van der Waals surface area contributed by atoms with E-state index in [2.05, 4.69) is 164 Å². The minimum Gasteiger partial charge on any atom is -0.396 e. The Bertz CT molecular complexity index is 1640. The van der Waals surface area contributed by atoms with Crippen LogP contribution in [0.5, 0.6) is 0 Å². The van der Waals surface area contributed by atoms with Crippen molar-refractivity contribution in [2.45, 2.75) is 166 Å². The van der Waals surface area contributed by atoms with E-state index in [1.807, 2.05) is 125 Å². The summed E-state index contributed by atoms with van der Waals surface area (Å²) in [6.07, 6.45) is 19.7. The lowest BCUT2D eigenvalue weighted by atomic mass is 10.2. The van der Waals surface area contributed by atoms with E-state index in [1.165, 1.54) is 89.9 Å². The summed E-state index contributed by atoms with van der Waals surface area (Å²) in [6.45, 7) is 4.41. The van der Waals surface area contributed by atoms with E-state index in [9.17, 15) is 4.79 Å². The lowest BCUT2D eigenvalue weighted by molar-refractivity contribution is -0.118. The van der Waals surface area contributed by atoms with E-state index in [4.69, 9.17) is 17.3 Å². The highest BCUT2D eigenvalue weighted by Crippen LogP contribution is 2.45. The summed E-state index contributed by atoms with van der Waals surface area (Å²) in [5.74, 6) is 12.2. The zero-order chi connectivity index (χ0) is 58.4. The van der Waals surface area contributed by atoms with Gasteiger partial charge in [0.1, 0.15) is 3.53 Å². The number of thioether (sulfide) groups is 12. The molecule has 79 heavy (non-hydrogen) atoms. The Labute approximate surface area is 596 Å². The van der Waals surface area contributed by atoms with Crippen molar-refractivity contribution in [3.63, 3.8) is 0 Å². The summed E-state index contributed by atoms with van der Waals surface area (Å²) < 4.78 is 8.01. The Hall–Kier alpha value is 6.01. The van der Waals surface area contributed by atoms with Crippen LogP contribution in [0.3, 0.4) is 0 Å². The van der Waals surface area contributed by atoms with Crippen LogP contribution in [0, 0.1) is 0 Å². The van der Waals surface area contributed by atoms with Gasteiger partial charge in [-0.25, -0.2) is 5.43 Å². The number of aromatic nitrogens is 4. The Morgan fingerprint density at radius 2 is 0.937 bits per heavy atom. The van der Waals surface area contributed by atoms with Crippen molar-refractivity contribution in [1.29, 1.82) is 0 Å². The monoisotopic (exact) mass is 1550 g/mol. The summed E-state index contributed by atoms with van der Waals surface area (Å²) in [4.78, 5) is 10.9. The normalized spacial score (nSPS) is 21.3. The number of rotatable bonds is 31. The average molecular weight is 1550 g/mol. The standard InChI is InChI=1S/C14H26N2OS4.C14H26N2S5.C8H14N2OS3.C4H8S4.C3H4S5.C3H6S4/c2*17-9-5-1-3-7-11-19-13-15-16-14(21-13)20-12-8-4-2-6-10-18;1-6(9-10-7(11)5-12)8(2)13-3-4-14-8;5-3-1-7-4(6)2-8-3;4-1-2(5)8-3(6)7-1;4-2-3(5)7-1-6-2/h2*17-18H,1-12H2;12H,3-5H2,1-2H3,(H,10,11);3-6H,1-2H2;1-2,4-5H;2-5H,1H2/b;;9-6+;;;. The van der Waals surface area contributed by atoms with Crippen LogP contribution in [0.25, 0.3) is 0 Å². The molecule has 460 valence electrons. The van der Waals surface area contributed by atoms with Crippen molar-refractivity contribution in [3.8, 4) is 0 Å². The maximum absolute atomic E-state index is 10.9. The van der Waals surface area contributed by atoms with E-state index in [-0.39, 0.29) is 24.9 Å². The quantitative estimate of drug-likeness (QED) is 0.00878. The molecule has 8 nitrogen and oxygen atoms in total. The number of aliphatic hydroxyl groups is 1. The number of nitrogens with one attached hydrogen (secondary N) is 1. The van der Waals surface area contributed by atoms with E-state index in [0.29, 0.717) is 24.9 Å². The predicted molar refractivity (Wildman–Crippen MR) is 423 cm³/mol. The number of aliphatic hydroxyl groups excluding tert-OH is 1. The number of thiol groups is 10. The van der Waals surface area contributed by atoms with Crippen molar-refractivity contribution in [1.82, 2.24) is 25.8 Å². The topological polar surface area (TPSA) is 113 Å². The average Bonchev–Trinajstić information content (AvgIpc) is 4.32. The van der Waals surface area contributed by atoms with Crippen LogP contribution in [-0.4, -0.2) is 153 Å². The molecule has 2 aromatic heterocycles. The summed E-state index contributed by atoms with van der Waals surface area (Å²) in [5.41, 5.74) is 3.44. The number of amides is 1. The Kier molecular flexibility index (Phi) is 59.6. The number of thiocarbonyl (C=S) groups is 1. The fourth-order valence-corrected chi connectivity index (χ4v) is 26.7. The van der Waals surface area contributed by atoms with Crippen molar-refractivity contribution in [3.05, 3.63) is 0 Å². The molecular weight excluding hydrogens is 1470 g/mol. The fraction of sp³-hybridized carbons (Fsp3) is 0.848. The lowest BCUT2D eigenvalue weighted by Crippen LogP contribution is -2.28. The van der Waals surface area contributed by atoms with E-state index < -0.39 is 0 Å². The second-order valence-corrected chi connectivity index (χ2v) is 43.1. The van der Waals surface area contributed by atoms with Gasteiger partial charge in [0.25, 0.3) is 0 Å². The number of unbranched alkanes of at least 4 members (excludes halogenated alkanes) is 12. The number of hydrogen-bond acceptors (Lipinski definition) is 32. The molecule has 33 heteroatoms. The Morgan fingerprint density at radius 1 is 0.582 bits per heavy atom. The van der Waals surface area contributed by atoms with E-state index in [0.717, 1.165) is 108 Å². The summed E-state index contributed by atoms with van der Waals surface area (Å²) in [5, 5.41) is 31.0. The summed E-state index contributed by atoms with van der Waals surface area (Å²) in [6, 6.07) is 0. The van der Waals surface area contributed by atoms with E-state index in [1.54, 1.807) is 46.2 Å². The summed E-state index contributed by atoms with van der Waals surface area (Å²) >= 11 is 72.3. The summed E-state index contributed by atoms with van der Waals surface area (Å²) in [7, 11) is 0. The van der Waals surface area contributed by atoms with Crippen LogP contribution in [0.15, 0.2) is 22.5 Å². The third-order valence-electron chi connectivity index (χ3n) is 10.1. The molecule has 1 amide bonds. The van der Waals surface area contributed by atoms with Crippen LogP contribution >= 0.6 is 302 Å². The van der Waals surface area contributed by atoms with Gasteiger partial charge in [-0.3, -0.25) is 4.79 Å². The zero-order valence-corrected chi connectivity index (χ0v) is 66.1. The minimum absolute atomic E-state index is 0.0316. The zero-order valence-electron chi connectivity index (χ0n) is 44.9. The third kappa shape index (κ3) is 46.7. The molecule has 4 aliphatic heterocycles. The van der Waals surface area contributed by atoms with Gasteiger partial charge in [-0.1, -0.05) is 157 Å². The molecule has 6 unspecified atom stereocenters. The van der Waals surface area contributed by atoms with Gasteiger partial charge in [0, 0.05) is 57.7 Å². The van der Waals surface area contributed by atoms with Crippen molar-refractivity contribution >= 4 is 317 Å². The van der Waals surface area contributed by atoms with Gasteiger partial charge < -0.3 is 5.11 Å². The number of nitrogens with zero attached hydrogens (tertiary/aromatic N) is 5. The second kappa shape index (κ2) is 56.7. The SMILES string of the molecule is C/C(=N\NC(=O)CS)C1(C)SCCS1.OCCCCCCSc1nnc(SCCCCCCS)s1.S=C1SC(S)C(S)S1.SC1CSC(S)CS1.SC1SCSC1S.SCCCCCCSc1nnc(SCCCCCCS)s1. The highest BCUT2D eigenvalue weighted by atomic mass is 32.3. The molecule has 0 bridgehead atoms. The van der Waals surface area contributed by atoms with Gasteiger partial charge in [-0.05, 0) is 82.5 Å². The van der Waals surface area contributed by atoms with Crippen LogP contribution in [0.1, 0.15) is 117 Å². The maximum atomic E-state index is 10.9. The minimum atomic E-state index is -0.163. The molecule has 4 fully saturated rings. The maximum Gasteiger partial charge on any atom is 0.249 e. The first-order valence-electron chi connectivity index (χ1n) is 25.9. The van der Waals surface area contributed by atoms with Gasteiger partial charge in [0.15, 0.2) is 17.4 Å². The van der Waals surface area contributed by atoms with Gasteiger partial charge in [0.05, 0.1) is 43.0 Å². The third-order valence-corrected chi connectivity index (χ3v) is 35.1. The first-order valence-corrected chi connectivity index (χ1v) is 45.4. The van der Waals surface area contributed by atoms with Gasteiger partial charge in [0.2, 0.25) is 5.91 Å². The molecule has 0 spiro atoms. The molecule has 4 saturated heterocycles. The molecule has 0 saturated carbocycles. The van der Waals surface area contributed by atoms with Gasteiger partial charge in [-0.15, -0.1) is 91.0 Å². The molecular formula is C46H84N6O2S25. The highest BCUT2D eigenvalue weighted by molar-refractivity contribution is 8.53. The molecule has 4 aliphatic rings. The van der Waals surface area contributed by atoms with Crippen LogP contribution in [0.4, 0.5) is 0 Å². The predicted octanol–water partition coefficient (Wildman–Crippen LogP) is 18.2. The van der Waals surface area contributed by atoms with E-state index >= 15 is 0 Å². The molecule has 6 heterocycles. The smallest absolute Gasteiger partial charge is 0.249 e. The molecule has 2 aromatic rings. The fourth-order valence-electron chi connectivity index (χ4n) is 5.71. The number of hydrogen-bond donors (Lipinski definition) is 12. The lowest BCUT2D eigenvalue weighted by Gasteiger charge is -2.20. The largest absolute Gasteiger partial charge is 0.396 e. The highest BCUT2D eigenvalue weighted by Gasteiger charge is 2.33.